The number of nitrogens with zero attached hydrogens (tertiary/aromatic N) is 1. The second-order valence-electron chi connectivity index (χ2n) is 3.20. The quantitative estimate of drug-likeness (QED) is 0.736. The molecule has 0 bridgehead atoms. The second kappa shape index (κ2) is 7.30. The number of carbonyl (C=O) groups is 1. The maximum absolute atomic E-state index is 10.9. The normalized spacial score (nSPS) is 9.19. The first-order chi connectivity index (χ1) is 7.83. The molecule has 0 heterocycles. The number of nitrogens with one attached hydrogen (secondary N) is 1. The molecular weight excluding hydrogens is 204 g/mol. The summed E-state index contributed by atoms with van der Waals surface area (Å²) in [5, 5.41) is 10.9. The minimum absolute atomic E-state index is 0.0838. The molecule has 16 heavy (non-hydrogen) atoms. The average molecular weight is 218 g/mol. The fraction of sp³-hybridized carbons (Fsp3) is 0.333. The van der Waals surface area contributed by atoms with Crippen LogP contribution in [0.3, 0.4) is 0 Å². The highest BCUT2D eigenvalue weighted by molar-refractivity contribution is 5.77. The highest BCUT2D eigenvalue weighted by Crippen LogP contribution is 2.07. The molecule has 0 spiro atoms. The van der Waals surface area contributed by atoms with E-state index in [9.17, 15) is 4.79 Å². The van der Waals surface area contributed by atoms with E-state index in [0.29, 0.717) is 13.2 Å². The van der Waals surface area contributed by atoms with Crippen LogP contribution in [0.15, 0.2) is 30.3 Å². The Balaban J connectivity index is 2.05. The van der Waals surface area contributed by atoms with Gasteiger partial charge in [-0.25, -0.2) is 0 Å². The topological polar surface area (TPSA) is 62.1 Å². The van der Waals surface area contributed by atoms with E-state index in [-0.39, 0.29) is 12.3 Å². The van der Waals surface area contributed by atoms with Gasteiger partial charge in [0.25, 0.3) is 0 Å². The number of hydrogen-bond acceptors (Lipinski definition) is 3. The smallest absolute Gasteiger partial charge is 0.234 e. The summed E-state index contributed by atoms with van der Waals surface area (Å²) in [5.74, 6) is 0.591. The van der Waals surface area contributed by atoms with Crippen LogP contribution in [-0.4, -0.2) is 19.1 Å². The summed E-state index contributed by atoms with van der Waals surface area (Å²) < 4.78 is 5.43. The van der Waals surface area contributed by atoms with Crippen molar-refractivity contribution in [3.63, 3.8) is 0 Å². The Bertz CT molecular complexity index is 357. The Labute approximate surface area is 94.8 Å². The minimum atomic E-state index is -0.234. The van der Waals surface area contributed by atoms with Crippen molar-refractivity contribution in [2.75, 3.05) is 13.2 Å². The van der Waals surface area contributed by atoms with Gasteiger partial charge in [-0.3, -0.25) is 4.79 Å². The van der Waals surface area contributed by atoms with Crippen molar-refractivity contribution in [1.82, 2.24) is 5.32 Å². The molecule has 0 radical (unpaired) electrons. The number of carbonyl (C=O) groups excluding carboxylic acids is 1. The molecule has 1 aromatic carbocycles. The molecule has 1 aromatic rings. The maximum atomic E-state index is 10.9. The van der Waals surface area contributed by atoms with Gasteiger partial charge in [-0.2, -0.15) is 5.26 Å². The lowest BCUT2D eigenvalue weighted by Gasteiger charge is -2.06. The van der Waals surface area contributed by atoms with Crippen LogP contribution in [0.1, 0.15) is 12.8 Å². The minimum Gasteiger partial charge on any atom is -0.494 e. The Hall–Kier alpha value is -2.02. The summed E-state index contributed by atoms with van der Waals surface area (Å²) in [6.07, 6.45) is 0.644. The molecule has 0 aliphatic heterocycles. The molecule has 0 fully saturated rings. The summed E-state index contributed by atoms with van der Waals surface area (Å²) in [4.78, 5) is 10.9. The zero-order valence-corrected chi connectivity index (χ0v) is 8.98. The monoisotopic (exact) mass is 218 g/mol. The lowest BCUT2D eigenvalue weighted by Crippen LogP contribution is -2.24. The molecule has 0 unspecified atom stereocenters. The molecule has 0 aromatic heterocycles. The fourth-order valence-electron chi connectivity index (χ4n) is 1.14. The van der Waals surface area contributed by atoms with Crippen molar-refractivity contribution in [3.05, 3.63) is 30.3 Å². The van der Waals surface area contributed by atoms with Crippen LogP contribution >= 0.6 is 0 Å². The highest BCUT2D eigenvalue weighted by Gasteiger charge is 1.98. The third kappa shape index (κ3) is 5.01. The van der Waals surface area contributed by atoms with Crippen molar-refractivity contribution in [2.45, 2.75) is 12.8 Å². The number of ether oxygens (including phenoxy) is 1. The molecule has 0 aliphatic carbocycles. The van der Waals surface area contributed by atoms with Crippen molar-refractivity contribution in [3.8, 4) is 11.8 Å². The summed E-state index contributed by atoms with van der Waals surface area (Å²) in [5.41, 5.74) is 0. The molecule has 4 nitrogen and oxygen atoms in total. The van der Waals surface area contributed by atoms with E-state index in [1.165, 1.54) is 0 Å². The SMILES string of the molecule is N#CCC(=O)NCCCOc1ccccc1. The Morgan fingerprint density at radius 2 is 2.12 bits per heavy atom. The van der Waals surface area contributed by atoms with Gasteiger partial charge in [0.2, 0.25) is 5.91 Å². The number of amides is 1. The molecule has 1 N–H and O–H groups in total. The van der Waals surface area contributed by atoms with E-state index >= 15 is 0 Å². The molecular formula is C12H14N2O2. The van der Waals surface area contributed by atoms with Gasteiger partial charge in [-0.05, 0) is 18.6 Å². The number of rotatable bonds is 6. The van der Waals surface area contributed by atoms with Crippen LogP contribution in [-0.2, 0) is 4.79 Å². The second-order valence-corrected chi connectivity index (χ2v) is 3.20. The van der Waals surface area contributed by atoms with Crippen molar-refractivity contribution in [2.24, 2.45) is 0 Å². The first-order valence-electron chi connectivity index (χ1n) is 5.14. The number of benzene rings is 1. The van der Waals surface area contributed by atoms with Crippen molar-refractivity contribution < 1.29 is 9.53 Å². The predicted octanol–water partition coefficient (Wildman–Crippen LogP) is 1.49. The van der Waals surface area contributed by atoms with Gasteiger partial charge >= 0.3 is 0 Å². The van der Waals surface area contributed by atoms with Gasteiger partial charge in [-0.1, -0.05) is 18.2 Å². The van der Waals surface area contributed by atoms with E-state index in [2.05, 4.69) is 5.32 Å². The maximum Gasteiger partial charge on any atom is 0.234 e. The van der Waals surface area contributed by atoms with E-state index in [1.807, 2.05) is 30.3 Å². The van der Waals surface area contributed by atoms with Crippen LogP contribution in [0.5, 0.6) is 5.75 Å². The lowest BCUT2D eigenvalue weighted by molar-refractivity contribution is -0.120. The predicted molar refractivity (Wildman–Crippen MR) is 59.8 cm³/mol. The molecule has 1 amide bonds. The van der Waals surface area contributed by atoms with Gasteiger partial charge in [0.15, 0.2) is 0 Å². The molecule has 0 aliphatic rings. The van der Waals surface area contributed by atoms with Crippen LogP contribution in [0.25, 0.3) is 0 Å². The third-order valence-electron chi connectivity index (χ3n) is 1.89. The standard InChI is InChI=1S/C12H14N2O2/c13-8-7-12(15)14-9-4-10-16-11-5-2-1-3-6-11/h1-3,5-6H,4,7,9-10H2,(H,14,15). The molecule has 0 saturated heterocycles. The van der Waals surface area contributed by atoms with Crippen LogP contribution in [0.2, 0.25) is 0 Å². The zero-order chi connectivity index (χ0) is 11.6. The summed E-state index contributed by atoms with van der Waals surface area (Å²) in [6.45, 7) is 1.09. The van der Waals surface area contributed by atoms with Gasteiger partial charge in [0.1, 0.15) is 12.2 Å². The molecule has 0 saturated carbocycles. The van der Waals surface area contributed by atoms with Crippen LogP contribution in [0, 0.1) is 11.3 Å². The fourth-order valence-corrected chi connectivity index (χ4v) is 1.14. The van der Waals surface area contributed by atoms with Crippen molar-refractivity contribution >= 4 is 5.91 Å². The molecule has 1 rings (SSSR count). The Kier molecular flexibility index (Phi) is 5.49. The van der Waals surface area contributed by atoms with Gasteiger partial charge in [0, 0.05) is 6.54 Å². The van der Waals surface area contributed by atoms with E-state index in [4.69, 9.17) is 10.00 Å². The van der Waals surface area contributed by atoms with E-state index in [1.54, 1.807) is 6.07 Å². The Morgan fingerprint density at radius 3 is 2.81 bits per heavy atom. The highest BCUT2D eigenvalue weighted by atomic mass is 16.5. The van der Waals surface area contributed by atoms with Gasteiger partial charge in [-0.15, -0.1) is 0 Å². The number of para-hydroxylation sites is 1. The lowest BCUT2D eigenvalue weighted by atomic mass is 10.3. The Morgan fingerprint density at radius 1 is 1.38 bits per heavy atom. The molecule has 0 atom stereocenters. The summed E-state index contributed by atoms with van der Waals surface area (Å²) in [6, 6.07) is 11.3. The van der Waals surface area contributed by atoms with Crippen LogP contribution in [0.4, 0.5) is 0 Å². The first-order valence-corrected chi connectivity index (χ1v) is 5.14. The zero-order valence-electron chi connectivity index (χ0n) is 8.98. The van der Waals surface area contributed by atoms with Gasteiger partial charge < -0.3 is 10.1 Å². The summed E-state index contributed by atoms with van der Waals surface area (Å²) >= 11 is 0. The molecule has 4 heteroatoms. The van der Waals surface area contributed by atoms with Gasteiger partial charge in [0.05, 0.1) is 12.7 Å². The average Bonchev–Trinajstić information content (AvgIpc) is 2.30. The van der Waals surface area contributed by atoms with Crippen LogP contribution < -0.4 is 10.1 Å². The largest absolute Gasteiger partial charge is 0.494 e. The van der Waals surface area contributed by atoms with Crippen molar-refractivity contribution in [1.29, 1.82) is 5.26 Å². The number of hydrogen-bond donors (Lipinski definition) is 1. The molecule has 84 valence electrons. The first kappa shape index (κ1) is 12.1. The van der Waals surface area contributed by atoms with E-state index in [0.717, 1.165) is 12.2 Å². The summed E-state index contributed by atoms with van der Waals surface area (Å²) in [7, 11) is 0. The van der Waals surface area contributed by atoms with E-state index < -0.39 is 0 Å². The number of nitriles is 1. The third-order valence-corrected chi connectivity index (χ3v) is 1.89.